The van der Waals surface area contributed by atoms with Crippen LogP contribution in [0.3, 0.4) is 0 Å². The molecular weight excluding hydrogens is 504 g/mol. The minimum atomic E-state index is -1.24. The molecule has 39 heavy (non-hydrogen) atoms. The Morgan fingerprint density at radius 2 is 1.54 bits per heavy atom. The zero-order valence-electron chi connectivity index (χ0n) is 22.8. The Labute approximate surface area is 228 Å². The van der Waals surface area contributed by atoms with E-state index in [-0.39, 0.29) is 25.2 Å². The number of benzene rings is 1. The molecule has 12 nitrogen and oxygen atoms in total. The third kappa shape index (κ3) is 9.65. The van der Waals surface area contributed by atoms with Gasteiger partial charge in [0.05, 0.1) is 6.10 Å². The summed E-state index contributed by atoms with van der Waals surface area (Å²) in [5, 5.41) is 28.2. The summed E-state index contributed by atoms with van der Waals surface area (Å²) in [6.45, 7) is 5.50. The number of nitrogens with two attached hydrogens (primary N) is 2. The maximum atomic E-state index is 13.3. The fourth-order valence-corrected chi connectivity index (χ4v) is 4.22. The highest BCUT2D eigenvalue weighted by Gasteiger charge is 2.31. The van der Waals surface area contributed by atoms with Crippen molar-refractivity contribution in [3.63, 3.8) is 0 Å². The van der Waals surface area contributed by atoms with Gasteiger partial charge in [-0.15, -0.1) is 0 Å². The second kappa shape index (κ2) is 15.2. The van der Waals surface area contributed by atoms with E-state index in [0.717, 1.165) is 16.5 Å². The maximum absolute atomic E-state index is 13.3. The number of fused-ring (bicyclic) bond motifs is 1. The lowest BCUT2D eigenvalue weighted by atomic mass is 10.0. The number of carboxylic acid groups (broad SMARTS) is 1. The predicted octanol–water partition coefficient (Wildman–Crippen LogP) is 0.133. The molecule has 0 bridgehead atoms. The number of H-pyrrole nitrogens is 1. The van der Waals surface area contributed by atoms with Gasteiger partial charge >= 0.3 is 5.97 Å². The van der Waals surface area contributed by atoms with Gasteiger partial charge in [-0.1, -0.05) is 32.0 Å². The first-order chi connectivity index (χ1) is 18.4. The van der Waals surface area contributed by atoms with Crippen LogP contribution in [0.5, 0.6) is 0 Å². The number of amides is 3. The topological polar surface area (TPSA) is 213 Å². The summed E-state index contributed by atoms with van der Waals surface area (Å²) in [7, 11) is 0. The van der Waals surface area contributed by atoms with Gasteiger partial charge in [0.2, 0.25) is 17.7 Å². The standard InChI is InChI=1S/C27H42N6O6/c1-15(2)12-21(32-26(37)23(29)16(3)34)25(36)31-20(10-6-7-11-28)24(35)33-22(27(38)39)13-17-14-30-19-9-5-4-8-18(17)19/h4-5,8-9,14-16,20-23,30,34H,6-7,10-13,28-29H2,1-3H3,(H,31,36)(H,32,37)(H,33,35)(H,38,39). The monoisotopic (exact) mass is 546 g/mol. The Kier molecular flexibility index (Phi) is 12.4. The zero-order valence-corrected chi connectivity index (χ0v) is 22.8. The molecule has 12 heteroatoms. The maximum Gasteiger partial charge on any atom is 0.326 e. The van der Waals surface area contributed by atoms with Gasteiger partial charge in [0.25, 0.3) is 0 Å². The third-order valence-electron chi connectivity index (χ3n) is 6.46. The molecule has 1 aromatic heterocycles. The van der Waals surface area contributed by atoms with E-state index in [1.807, 2.05) is 38.1 Å². The number of nitrogens with one attached hydrogen (secondary N) is 4. The molecule has 2 aromatic rings. The van der Waals surface area contributed by atoms with Gasteiger partial charge in [-0.2, -0.15) is 0 Å². The van der Waals surface area contributed by atoms with E-state index in [4.69, 9.17) is 11.5 Å². The van der Waals surface area contributed by atoms with Gasteiger partial charge in [-0.25, -0.2) is 4.79 Å². The number of hydrogen-bond donors (Lipinski definition) is 8. The fraction of sp³-hybridized carbons (Fsp3) is 0.556. The molecule has 0 aliphatic heterocycles. The largest absolute Gasteiger partial charge is 0.480 e. The number of carboxylic acids is 1. The number of aliphatic hydroxyl groups excluding tert-OH is 1. The minimum Gasteiger partial charge on any atom is -0.480 e. The van der Waals surface area contributed by atoms with Crippen LogP contribution in [0, 0.1) is 5.92 Å². The second-order valence-electron chi connectivity index (χ2n) is 10.3. The first-order valence-corrected chi connectivity index (χ1v) is 13.3. The molecular formula is C27H42N6O6. The normalized spacial score (nSPS) is 15.3. The molecule has 0 aliphatic carbocycles. The van der Waals surface area contributed by atoms with Crippen LogP contribution < -0.4 is 27.4 Å². The van der Waals surface area contributed by atoms with Crippen molar-refractivity contribution in [1.82, 2.24) is 20.9 Å². The minimum absolute atomic E-state index is 0.0147. The highest BCUT2D eigenvalue weighted by Crippen LogP contribution is 2.19. The summed E-state index contributed by atoms with van der Waals surface area (Å²) >= 11 is 0. The van der Waals surface area contributed by atoms with E-state index in [2.05, 4.69) is 20.9 Å². The zero-order chi connectivity index (χ0) is 29.1. The quantitative estimate of drug-likeness (QED) is 0.135. The van der Waals surface area contributed by atoms with Crippen molar-refractivity contribution in [2.45, 2.75) is 83.1 Å². The highest BCUT2D eigenvalue weighted by molar-refractivity contribution is 5.94. The number of aromatic amines is 1. The number of carbonyl (C=O) groups excluding carboxylic acids is 3. The van der Waals surface area contributed by atoms with Crippen molar-refractivity contribution < 1.29 is 29.4 Å². The second-order valence-corrected chi connectivity index (χ2v) is 10.3. The van der Waals surface area contributed by atoms with Crippen LogP contribution in [-0.4, -0.2) is 75.7 Å². The summed E-state index contributed by atoms with van der Waals surface area (Å²) < 4.78 is 0. The Balaban J connectivity index is 2.19. The number of carbonyl (C=O) groups is 4. The summed E-state index contributed by atoms with van der Waals surface area (Å²) in [6, 6.07) is 2.93. The molecule has 0 saturated heterocycles. The Bertz CT molecular complexity index is 1120. The molecule has 0 saturated carbocycles. The van der Waals surface area contributed by atoms with Crippen molar-refractivity contribution in [1.29, 1.82) is 0 Å². The Hall–Kier alpha value is -3.48. The molecule has 5 unspecified atom stereocenters. The molecule has 1 aromatic carbocycles. The van der Waals surface area contributed by atoms with E-state index in [9.17, 15) is 29.4 Å². The van der Waals surface area contributed by atoms with E-state index in [1.54, 1.807) is 6.20 Å². The van der Waals surface area contributed by atoms with Gasteiger partial charge in [0.1, 0.15) is 24.2 Å². The predicted molar refractivity (Wildman–Crippen MR) is 147 cm³/mol. The lowest BCUT2D eigenvalue weighted by Crippen LogP contribution is -2.58. The fourth-order valence-electron chi connectivity index (χ4n) is 4.22. The highest BCUT2D eigenvalue weighted by atomic mass is 16.4. The number of aromatic nitrogens is 1. The Morgan fingerprint density at radius 3 is 2.15 bits per heavy atom. The Morgan fingerprint density at radius 1 is 0.923 bits per heavy atom. The molecule has 0 aliphatic rings. The van der Waals surface area contributed by atoms with Crippen molar-refractivity contribution in [2.75, 3.05) is 6.54 Å². The lowest BCUT2D eigenvalue weighted by molar-refractivity contribution is -0.142. The number of rotatable bonds is 16. The first kappa shape index (κ1) is 31.7. The van der Waals surface area contributed by atoms with Crippen LogP contribution in [0.2, 0.25) is 0 Å². The van der Waals surface area contributed by atoms with Crippen LogP contribution in [-0.2, 0) is 25.6 Å². The molecule has 10 N–H and O–H groups in total. The van der Waals surface area contributed by atoms with Gasteiger partial charge in [-0.05, 0) is 56.7 Å². The van der Waals surface area contributed by atoms with Crippen LogP contribution in [0.1, 0.15) is 52.0 Å². The average molecular weight is 547 g/mol. The molecule has 2 rings (SSSR count). The molecule has 1 heterocycles. The van der Waals surface area contributed by atoms with Gasteiger partial charge in [-0.3, -0.25) is 14.4 Å². The summed E-state index contributed by atoms with van der Waals surface area (Å²) in [6.07, 6.45) is 2.24. The van der Waals surface area contributed by atoms with Crippen LogP contribution in [0.15, 0.2) is 30.5 Å². The number of aliphatic hydroxyl groups is 1. The van der Waals surface area contributed by atoms with E-state index in [0.29, 0.717) is 19.4 Å². The molecule has 0 fully saturated rings. The van der Waals surface area contributed by atoms with Crippen LogP contribution in [0.25, 0.3) is 10.9 Å². The van der Waals surface area contributed by atoms with E-state index in [1.165, 1.54) is 6.92 Å². The number of unbranched alkanes of at least 4 members (excludes halogenated alkanes) is 1. The first-order valence-electron chi connectivity index (χ1n) is 13.3. The molecule has 0 spiro atoms. The lowest BCUT2D eigenvalue weighted by Gasteiger charge is -2.26. The summed E-state index contributed by atoms with van der Waals surface area (Å²) in [5.41, 5.74) is 12.9. The SMILES string of the molecule is CC(C)CC(NC(=O)C(N)C(C)O)C(=O)NC(CCCCN)C(=O)NC(Cc1c[nH]c2ccccc12)C(=O)O. The van der Waals surface area contributed by atoms with Crippen LogP contribution >= 0.6 is 0 Å². The summed E-state index contributed by atoms with van der Waals surface area (Å²) in [5.74, 6) is -3.15. The van der Waals surface area contributed by atoms with Gasteiger partial charge in [0, 0.05) is 23.5 Å². The van der Waals surface area contributed by atoms with E-state index < -0.39 is 54.0 Å². The van der Waals surface area contributed by atoms with Crippen molar-refractivity contribution >= 4 is 34.6 Å². The third-order valence-corrected chi connectivity index (χ3v) is 6.46. The molecule has 0 radical (unpaired) electrons. The van der Waals surface area contributed by atoms with Crippen molar-refractivity contribution in [3.05, 3.63) is 36.0 Å². The van der Waals surface area contributed by atoms with E-state index >= 15 is 0 Å². The average Bonchev–Trinajstić information content (AvgIpc) is 3.29. The smallest absolute Gasteiger partial charge is 0.326 e. The number of aliphatic carboxylic acids is 1. The summed E-state index contributed by atoms with van der Waals surface area (Å²) in [4.78, 5) is 54.1. The van der Waals surface area contributed by atoms with Gasteiger partial charge < -0.3 is 42.6 Å². The van der Waals surface area contributed by atoms with Crippen molar-refractivity contribution in [2.24, 2.45) is 17.4 Å². The molecule has 3 amide bonds. The number of hydrogen-bond acceptors (Lipinski definition) is 7. The number of para-hydroxylation sites is 1. The van der Waals surface area contributed by atoms with Crippen LogP contribution in [0.4, 0.5) is 0 Å². The molecule has 216 valence electrons. The molecule has 5 atom stereocenters. The van der Waals surface area contributed by atoms with Crippen molar-refractivity contribution in [3.8, 4) is 0 Å². The van der Waals surface area contributed by atoms with Gasteiger partial charge in [0.15, 0.2) is 0 Å².